The number of esters is 1. The van der Waals surface area contributed by atoms with Crippen molar-refractivity contribution >= 4 is 16.9 Å². The number of nitrogens with zero attached hydrogens (tertiary/aromatic N) is 2. The van der Waals surface area contributed by atoms with Crippen LogP contribution in [0.3, 0.4) is 0 Å². The van der Waals surface area contributed by atoms with E-state index in [0.29, 0.717) is 5.56 Å². The lowest BCUT2D eigenvalue weighted by atomic mass is 10.0. The third-order valence-electron chi connectivity index (χ3n) is 3.09. The van der Waals surface area contributed by atoms with Gasteiger partial charge in [-0.3, -0.25) is 4.68 Å². The lowest BCUT2D eigenvalue weighted by Crippen LogP contribution is -2.05. The average Bonchev–Trinajstić information content (AvgIpc) is 2.80. The smallest absolute Gasteiger partial charge is 0.337 e. The summed E-state index contributed by atoms with van der Waals surface area (Å²) in [5, 5.41) is 5.50. The molecule has 96 valence electrons. The average molecular weight is 246 g/mol. The van der Waals surface area contributed by atoms with E-state index in [2.05, 4.69) is 25.9 Å². The normalized spacial score (nSPS) is 11.2. The summed E-state index contributed by atoms with van der Waals surface area (Å²) in [6, 6.07) is 4.01. The lowest BCUT2D eigenvalue weighted by molar-refractivity contribution is 0.0601. The number of fused-ring (bicyclic) bond motifs is 1. The Labute approximate surface area is 107 Å². The van der Waals surface area contributed by atoms with Crippen LogP contribution in [-0.2, 0) is 11.2 Å². The van der Waals surface area contributed by atoms with Crippen LogP contribution in [0.5, 0.6) is 0 Å². The van der Waals surface area contributed by atoms with Crippen molar-refractivity contribution in [2.24, 2.45) is 0 Å². The molecular weight excluding hydrogens is 228 g/mol. The lowest BCUT2D eigenvalue weighted by Gasteiger charge is -2.09. The van der Waals surface area contributed by atoms with Crippen molar-refractivity contribution in [1.82, 2.24) is 9.78 Å². The molecule has 1 aromatic heterocycles. The molecule has 0 bridgehead atoms. The second kappa shape index (κ2) is 4.80. The Morgan fingerprint density at radius 1 is 1.44 bits per heavy atom. The number of hydrogen-bond donors (Lipinski definition) is 0. The van der Waals surface area contributed by atoms with Gasteiger partial charge in [-0.15, -0.1) is 0 Å². The van der Waals surface area contributed by atoms with Crippen molar-refractivity contribution in [3.8, 4) is 0 Å². The molecule has 4 heteroatoms. The first-order valence-electron chi connectivity index (χ1n) is 6.17. The van der Waals surface area contributed by atoms with Crippen molar-refractivity contribution in [2.75, 3.05) is 7.11 Å². The summed E-state index contributed by atoms with van der Waals surface area (Å²) in [4.78, 5) is 11.7. The van der Waals surface area contributed by atoms with Gasteiger partial charge in [0.15, 0.2) is 0 Å². The third-order valence-corrected chi connectivity index (χ3v) is 3.09. The number of methoxy groups -OCH3 is 1. The number of carbonyl (C=O) groups excluding carboxylic acids is 1. The van der Waals surface area contributed by atoms with Crippen LogP contribution >= 0.6 is 0 Å². The first-order chi connectivity index (χ1) is 8.58. The third kappa shape index (κ3) is 1.98. The van der Waals surface area contributed by atoms with E-state index in [0.717, 1.165) is 22.9 Å². The SMILES string of the molecule is CCc1cc(C(=O)OC)cc2c1cnn2C(C)C. The van der Waals surface area contributed by atoms with Gasteiger partial charge in [0.25, 0.3) is 0 Å². The minimum Gasteiger partial charge on any atom is -0.465 e. The number of aromatic nitrogens is 2. The zero-order chi connectivity index (χ0) is 13.3. The Bertz CT molecular complexity index is 585. The molecule has 0 fully saturated rings. The van der Waals surface area contributed by atoms with E-state index in [1.165, 1.54) is 7.11 Å². The molecule has 2 aromatic rings. The van der Waals surface area contributed by atoms with E-state index < -0.39 is 0 Å². The minimum atomic E-state index is -0.303. The van der Waals surface area contributed by atoms with Gasteiger partial charge in [-0.2, -0.15) is 5.10 Å². The van der Waals surface area contributed by atoms with Gasteiger partial charge in [0.2, 0.25) is 0 Å². The van der Waals surface area contributed by atoms with E-state index in [4.69, 9.17) is 4.74 Å². The highest BCUT2D eigenvalue weighted by molar-refractivity contribution is 5.95. The molecule has 0 radical (unpaired) electrons. The van der Waals surface area contributed by atoms with Crippen molar-refractivity contribution in [3.63, 3.8) is 0 Å². The maximum absolute atomic E-state index is 11.7. The largest absolute Gasteiger partial charge is 0.465 e. The summed E-state index contributed by atoms with van der Waals surface area (Å²) in [5.41, 5.74) is 2.70. The Morgan fingerprint density at radius 3 is 2.72 bits per heavy atom. The summed E-state index contributed by atoms with van der Waals surface area (Å²) >= 11 is 0. The van der Waals surface area contributed by atoms with Crippen LogP contribution in [0, 0.1) is 0 Å². The molecule has 1 aromatic carbocycles. The van der Waals surface area contributed by atoms with Crippen LogP contribution in [-0.4, -0.2) is 22.9 Å². The molecule has 18 heavy (non-hydrogen) atoms. The fourth-order valence-corrected chi connectivity index (χ4v) is 2.16. The van der Waals surface area contributed by atoms with Crippen LogP contribution in [0.1, 0.15) is 42.7 Å². The molecule has 2 rings (SSSR count). The van der Waals surface area contributed by atoms with Crippen molar-refractivity contribution in [2.45, 2.75) is 33.2 Å². The molecule has 0 atom stereocenters. The Kier molecular flexibility index (Phi) is 3.36. The minimum absolute atomic E-state index is 0.264. The molecule has 0 spiro atoms. The van der Waals surface area contributed by atoms with Crippen LogP contribution in [0.25, 0.3) is 10.9 Å². The fourth-order valence-electron chi connectivity index (χ4n) is 2.16. The number of benzene rings is 1. The Hall–Kier alpha value is -1.84. The standard InChI is InChI=1S/C14H18N2O2/c1-5-10-6-11(14(17)18-4)7-13-12(10)8-15-16(13)9(2)3/h6-9H,5H2,1-4H3. The first-order valence-corrected chi connectivity index (χ1v) is 6.17. The molecule has 0 aliphatic heterocycles. The van der Waals surface area contributed by atoms with Crippen molar-refractivity contribution < 1.29 is 9.53 Å². The second-order valence-corrected chi connectivity index (χ2v) is 4.60. The maximum Gasteiger partial charge on any atom is 0.337 e. The van der Waals surface area contributed by atoms with Crippen molar-refractivity contribution in [3.05, 3.63) is 29.5 Å². The fraction of sp³-hybridized carbons (Fsp3) is 0.429. The number of rotatable bonds is 3. The molecular formula is C14H18N2O2. The molecule has 0 aliphatic carbocycles. The number of hydrogen-bond acceptors (Lipinski definition) is 3. The van der Waals surface area contributed by atoms with Gasteiger partial charge in [-0.25, -0.2) is 4.79 Å². The molecule has 0 saturated heterocycles. The molecule has 4 nitrogen and oxygen atoms in total. The second-order valence-electron chi connectivity index (χ2n) is 4.60. The maximum atomic E-state index is 11.7. The number of aryl methyl sites for hydroxylation is 1. The van der Waals surface area contributed by atoms with Crippen LogP contribution < -0.4 is 0 Å². The monoisotopic (exact) mass is 246 g/mol. The summed E-state index contributed by atoms with van der Waals surface area (Å²) in [7, 11) is 1.40. The zero-order valence-electron chi connectivity index (χ0n) is 11.2. The summed E-state index contributed by atoms with van der Waals surface area (Å²) in [6.45, 7) is 6.22. The molecule has 0 aliphatic rings. The van der Waals surface area contributed by atoms with Gasteiger partial charge in [-0.1, -0.05) is 6.92 Å². The zero-order valence-corrected chi connectivity index (χ0v) is 11.2. The van der Waals surface area contributed by atoms with E-state index in [1.54, 1.807) is 0 Å². The molecule has 1 heterocycles. The first kappa shape index (κ1) is 12.6. The van der Waals surface area contributed by atoms with E-state index in [-0.39, 0.29) is 12.0 Å². The highest BCUT2D eigenvalue weighted by atomic mass is 16.5. The van der Waals surface area contributed by atoms with Gasteiger partial charge in [0, 0.05) is 11.4 Å². The van der Waals surface area contributed by atoms with Gasteiger partial charge >= 0.3 is 5.97 Å². The molecule has 0 N–H and O–H groups in total. The number of ether oxygens (including phenoxy) is 1. The quantitative estimate of drug-likeness (QED) is 0.782. The highest BCUT2D eigenvalue weighted by Crippen LogP contribution is 2.24. The van der Waals surface area contributed by atoms with Crippen molar-refractivity contribution in [1.29, 1.82) is 0 Å². The van der Waals surface area contributed by atoms with Crippen LogP contribution in [0.2, 0.25) is 0 Å². The van der Waals surface area contributed by atoms with Gasteiger partial charge in [0.05, 0.1) is 24.4 Å². The summed E-state index contributed by atoms with van der Waals surface area (Å²) < 4.78 is 6.72. The Balaban J connectivity index is 2.71. The van der Waals surface area contributed by atoms with E-state index in [1.807, 2.05) is 23.0 Å². The number of carbonyl (C=O) groups is 1. The molecule has 0 unspecified atom stereocenters. The predicted molar refractivity (Wildman–Crippen MR) is 70.8 cm³/mol. The Morgan fingerprint density at radius 2 is 2.17 bits per heavy atom. The van der Waals surface area contributed by atoms with Gasteiger partial charge in [-0.05, 0) is 38.0 Å². The summed E-state index contributed by atoms with van der Waals surface area (Å²) in [6.07, 6.45) is 2.74. The van der Waals surface area contributed by atoms with Gasteiger partial charge in [0.1, 0.15) is 0 Å². The van der Waals surface area contributed by atoms with Crippen LogP contribution in [0.15, 0.2) is 18.3 Å². The van der Waals surface area contributed by atoms with E-state index >= 15 is 0 Å². The molecule has 0 saturated carbocycles. The van der Waals surface area contributed by atoms with E-state index in [9.17, 15) is 4.79 Å². The topological polar surface area (TPSA) is 44.1 Å². The highest BCUT2D eigenvalue weighted by Gasteiger charge is 2.14. The predicted octanol–water partition coefficient (Wildman–Crippen LogP) is 2.97. The molecule has 0 amide bonds. The van der Waals surface area contributed by atoms with Gasteiger partial charge < -0.3 is 4.74 Å². The van der Waals surface area contributed by atoms with Crippen LogP contribution in [0.4, 0.5) is 0 Å². The summed E-state index contributed by atoms with van der Waals surface area (Å²) in [5.74, 6) is -0.303.